The molecule has 4 N–H and O–H groups in total. The highest BCUT2D eigenvalue weighted by Crippen LogP contribution is 2.08. The lowest BCUT2D eigenvalue weighted by molar-refractivity contribution is 0.483. The SMILES string of the molecule is CC(C)(C)NS(=O)(=O)NCc1ccccc1CN. The Kier molecular flexibility index (Phi) is 4.86. The number of hydrogen-bond acceptors (Lipinski definition) is 3. The van der Waals surface area contributed by atoms with Gasteiger partial charge in [0.05, 0.1) is 0 Å². The summed E-state index contributed by atoms with van der Waals surface area (Å²) in [5, 5.41) is 0. The summed E-state index contributed by atoms with van der Waals surface area (Å²) in [6.45, 7) is 6.00. The van der Waals surface area contributed by atoms with Gasteiger partial charge in [-0.3, -0.25) is 0 Å². The van der Waals surface area contributed by atoms with Crippen LogP contribution < -0.4 is 15.2 Å². The zero-order chi connectivity index (χ0) is 13.8. The van der Waals surface area contributed by atoms with Crippen molar-refractivity contribution < 1.29 is 8.42 Å². The minimum Gasteiger partial charge on any atom is -0.326 e. The Morgan fingerprint density at radius 1 is 1.17 bits per heavy atom. The summed E-state index contributed by atoms with van der Waals surface area (Å²) in [4.78, 5) is 0. The van der Waals surface area contributed by atoms with Crippen LogP contribution in [0.5, 0.6) is 0 Å². The molecule has 6 heteroatoms. The van der Waals surface area contributed by atoms with Crippen LogP contribution in [0.2, 0.25) is 0 Å². The van der Waals surface area contributed by atoms with E-state index in [-0.39, 0.29) is 6.54 Å². The molecular weight excluding hydrogens is 250 g/mol. The Hall–Kier alpha value is -0.950. The second-order valence-corrected chi connectivity index (χ2v) is 6.65. The Balaban J connectivity index is 2.70. The molecule has 1 rings (SSSR count). The number of nitrogens with two attached hydrogens (primary N) is 1. The van der Waals surface area contributed by atoms with Crippen LogP contribution >= 0.6 is 0 Å². The van der Waals surface area contributed by atoms with Crippen LogP contribution in [-0.4, -0.2) is 14.0 Å². The Morgan fingerprint density at radius 2 is 1.72 bits per heavy atom. The van der Waals surface area contributed by atoms with E-state index in [0.29, 0.717) is 6.54 Å². The molecule has 102 valence electrons. The van der Waals surface area contributed by atoms with Crippen molar-refractivity contribution in [2.45, 2.75) is 39.4 Å². The smallest absolute Gasteiger partial charge is 0.277 e. The molecule has 1 aromatic carbocycles. The molecule has 0 saturated heterocycles. The number of hydrogen-bond donors (Lipinski definition) is 3. The van der Waals surface area contributed by atoms with E-state index in [1.165, 1.54) is 0 Å². The van der Waals surface area contributed by atoms with Crippen LogP contribution in [-0.2, 0) is 23.3 Å². The average molecular weight is 271 g/mol. The number of nitrogens with one attached hydrogen (secondary N) is 2. The first-order valence-corrected chi connectivity index (χ1v) is 7.27. The van der Waals surface area contributed by atoms with E-state index >= 15 is 0 Å². The van der Waals surface area contributed by atoms with Gasteiger partial charge in [-0.05, 0) is 31.9 Å². The van der Waals surface area contributed by atoms with Gasteiger partial charge in [0, 0.05) is 18.6 Å². The van der Waals surface area contributed by atoms with Crippen molar-refractivity contribution in [1.82, 2.24) is 9.44 Å². The average Bonchev–Trinajstić information content (AvgIpc) is 2.23. The van der Waals surface area contributed by atoms with Gasteiger partial charge in [0.15, 0.2) is 0 Å². The Labute approximate surface area is 109 Å². The summed E-state index contributed by atoms with van der Waals surface area (Å²) < 4.78 is 28.6. The van der Waals surface area contributed by atoms with Crippen molar-refractivity contribution in [3.05, 3.63) is 35.4 Å². The van der Waals surface area contributed by atoms with Crippen LogP contribution in [0.15, 0.2) is 24.3 Å². The van der Waals surface area contributed by atoms with E-state index < -0.39 is 15.7 Å². The highest BCUT2D eigenvalue weighted by Gasteiger charge is 2.19. The Bertz CT molecular complexity index is 492. The predicted octanol–water partition coefficient (Wildman–Crippen LogP) is 0.868. The lowest BCUT2D eigenvalue weighted by Crippen LogP contribution is -2.46. The molecule has 18 heavy (non-hydrogen) atoms. The van der Waals surface area contributed by atoms with Crippen LogP contribution in [0.25, 0.3) is 0 Å². The molecule has 0 atom stereocenters. The summed E-state index contributed by atoms with van der Waals surface area (Å²) in [5.41, 5.74) is 6.93. The zero-order valence-corrected chi connectivity index (χ0v) is 11.8. The molecule has 0 saturated carbocycles. The first kappa shape index (κ1) is 15.1. The fourth-order valence-corrected chi connectivity index (χ4v) is 2.76. The maximum absolute atomic E-state index is 11.8. The lowest BCUT2D eigenvalue weighted by Gasteiger charge is -2.20. The van der Waals surface area contributed by atoms with Crippen LogP contribution in [0, 0.1) is 0 Å². The summed E-state index contributed by atoms with van der Waals surface area (Å²) >= 11 is 0. The number of benzene rings is 1. The van der Waals surface area contributed by atoms with Gasteiger partial charge in [0.2, 0.25) is 0 Å². The second-order valence-electron chi connectivity index (χ2n) is 5.15. The van der Waals surface area contributed by atoms with E-state index in [2.05, 4.69) is 9.44 Å². The van der Waals surface area contributed by atoms with E-state index in [9.17, 15) is 8.42 Å². The largest absolute Gasteiger partial charge is 0.326 e. The molecule has 0 fully saturated rings. The minimum absolute atomic E-state index is 0.235. The van der Waals surface area contributed by atoms with Gasteiger partial charge >= 0.3 is 0 Å². The minimum atomic E-state index is -3.50. The summed E-state index contributed by atoms with van der Waals surface area (Å²) in [6.07, 6.45) is 0. The summed E-state index contributed by atoms with van der Waals surface area (Å²) in [6, 6.07) is 7.50. The van der Waals surface area contributed by atoms with Gasteiger partial charge in [-0.1, -0.05) is 24.3 Å². The summed E-state index contributed by atoms with van der Waals surface area (Å²) in [7, 11) is -3.50. The molecule has 0 amide bonds. The number of rotatable bonds is 5. The molecule has 1 aromatic rings. The molecule has 0 aromatic heterocycles. The molecular formula is C12H21N3O2S. The first-order valence-electron chi connectivity index (χ1n) is 5.79. The van der Waals surface area contributed by atoms with Gasteiger partial charge in [0.25, 0.3) is 10.2 Å². The molecule has 5 nitrogen and oxygen atoms in total. The van der Waals surface area contributed by atoms with Crippen LogP contribution in [0.3, 0.4) is 0 Å². The van der Waals surface area contributed by atoms with Crippen molar-refractivity contribution >= 4 is 10.2 Å². The molecule has 0 bridgehead atoms. The molecule has 0 unspecified atom stereocenters. The highest BCUT2D eigenvalue weighted by molar-refractivity contribution is 7.87. The van der Waals surface area contributed by atoms with E-state index in [0.717, 1.165) is 11.1 Å². The Morgan fingerprint density at radius 3 is 2.22 bits per heavy atom. The third kappa shape index (κ3) is 5.14. The monoisotopic (exact) mass is 271 g/mol. The van der Waals surface area contributed by atoms with Gasteiger partial charge in [-0.2, -0.15) is 17.9 Å². The first-order chi connectivity index (χ1) is 8.23. The van der Waals surface area contributed by atoms with E-state index in [1.807, 2.05) is 24.3 Å². The quantitative estimate of drug-likeness (QED) is 0.743. The highest BCUT2D eigenvalue weighted by atomic mass is 32.2. The summed E-state index contributed by atoms with van der Waals surface area (Å²) in [5.74, 6) is 0. The molecule has 0 radical (unpaired) electrons. The predicted molar refractivity (Wildman–Crippen MR) is 73.0 cm³/mol. The topological polar surface area (TPSA) is 84.2 Å². The third-order valence-corrected chi connectivity index (χ3v) is 3.64. The van der Waals surface area contributed by atoms with Gasteiger partial charge < -0.3 is 5.73 Å². The normalized spacial score (nSPS) is 12.7. The van der Waals surface area contributed by atoms with Gasteiger partial charge in [-0.15, -0.1) is 0 Å². The van der Waals surface area contributed by atoms with Crippen molar-refractivity contribution in [2.24, 2.45) is 5.73 Å². The van der Waals surface area contributed by atoms with E-state index in [1.54, 1.807) is 20.8 Å². The lowest BCUT2D eigenvalue weighted by atomic mass is 10.1. The van der Waals surface area contributed by atoms with Crippen LogP contribution in [0.4, 0.5) is 0 Å². The maximum atomic E-state index is 11.8. The maximum Gasteiger partial charge on any atom is 0.277 e. The second kappa shape index (κ2) is 5.79. The van der Waals surface area contributed by atoms with Crippen molar-refractivity contribution in [1.29, 1.82) is 0 Å². The fraction of sp³-hybridized carbons (Fsp3) is 0.500. The van der Waals surface area contributed by atoms with Crippen molar-refractivity contribution in [3.8, 4) is 0 Å². The van der Waals surface area contributed by atoms with Gasteiger partial charge in [-0.25, -0.2) is 0 Å². The third-order valence-electron chi connectivity index (χ3n) is 2.23. The molecule has 0 spiro atoms. The van der Waals surface area contributed by atoms with Crippen molar-refractivity contribution in [2.75, 3.05) is 0 Å². The fourth-order valence-electron chi connectivity index (χ4n) is 1.54. The molecule has 0 aliphatic heterocycles. The zero-order valence-electron chi connectivity index (χ0n) is 11.0. The van der Waals surface area contributed by atoms with Crippen molar-refractivity contribution in [3.63, 3.8) is 0 Å². The van der Waals surface area contributed by atoms with Gasteiger partial charge in [0.1, 0.15) is 0 Å². The van der Waals surface area contributed by atoms with Crippen LogP contribution in [0.1, 0.15) is 31.9 Å². The standard InChI is InChI=1S/C12H21N3O2S/c1-12(2,3)15-18(16,17)14-9-11-7-5-4-6-10(11)8-13/h4-7,14-15H,8-9,13H2,1-3H3. The molecule has 0 aliphatic rings. The molecule has 0 aliphatic carbocycles. The molecule has 0 heterocycles. The van der Waals surface area contributed by atoms with E-state index in [4.69, 9.17) is 5.73 Å².